The van der Waals surface area contributed by atoms with E-state index in [1.165, 1.54) is 0 Å². The minimum atomic E-state index is 0.0960. The van der Waals surface area contributed by atoms with Crippen molar-refractivity contribution in [1.29, 1.82) is 0 Å². The van der Waals surface area contributed by atoms with E-state index in [9.17, 15) is 4.79 Å². The van der Waals surface area contributed by atoms with Crippen LogP contribution in [-0.2, 0) is 17.6 Å². The Balaban J connectivity index is 1.66. The van der Waals surface area contributed by atoms with E-state index in [0.717, 1.165) is 30.6 Å². The van der Waals surface area contributed by atoms with Crippen LogP contribution in [0.25, 0.3) is 0 Å². The fraction of sp³-hybridized carbons (Fsp3) is 0.385. The molecule has 0 bridgehead atoms. The van der Waals surface area contributed by atoms with E-state index >= 15 is 0 Å². The zero-order valence-electron chi connectivity index (χ0n) is 10.5. The normalized spacial score (nSPS) is 14.2. The number of carbonyl (C=O) groups is 1. The second-order valence-electron chi connectivity index (χ2n) is 4.60. The van der Waals surface area contributed by atoms with Gasteiger partial charge in [-0.2, -0.15) is 10.3 Å². The Kier molecular flexibility index (Phi) is 3.22. The Hall–Kier alpha value is -2.24. The number of hydrogen-bond donors (Lipinski definition) is 1. The maximum absolute atomic E-state index is 12.3. The molecule has 1 aliphatic heterocycles. The highest BCUT2D eigenvalue weighted by Gasteiger charge is 2.25. The largest absolute Gasteiger partial charge is 0.294 e. The number of anilines is 1. The lowest BCUT2D eigenvalue weighted by molar-refractivity contribution is -0.118. The van der Waals surface area contributed by atoms with Gasteiger partial charge >= 0.3 is 0 Å². The first-order chi connectivity index (χ1) is 9.34. The Bertz CT molecular complexity index is 565. The molecule has 1 aliphatic rings. The molecular formula is C13H15N5O. The first kappa shape index (κ1) is 11.8. The van der Waals surface area contributed by atoms with Crippen LogP contribution in [0.3, 0.4) is 0 Å². The second-order valence-corrected chi connectivity index (χ2v) is 4.60. The van der Waals surface area contributed by atoms with Crippen LogP contribution in [0.2, 0.25) is 0 Å². The summed E-state index contributed by atoms with van der Waals surface area (Å²) in [5.74, 6) is 0.793. The molecule has 0 saturated heterocycles. The van der Waals surface area contributed by atoms with Crippen molar-refractivity contribution in [2.75, 3.05) is 11.4 Å². The lowest BCUT2D eigenvalue weighted by Crippen LogP contribution is -2.35. The van der Waals surface area contributed by atoms with Crippen LogP contribution in [-0.4, -0.2) is 32.8 Å². The SMILES string of the molecule is O=C(CCc1cccnc1)N1CCCc2n[nH]nc21. The number of fused-ring (bicyclic) bond motifs is 1. The van der Waals surface area contributed by atoms with Gasteiger partial charge in [-0.15, -0.1) is 5.10 Å². The molecule has 0 saturated carbocycles. The number of pyridine rings is 1. The molecule has 0 radical (unpaired) electrons. The quantitative estimate of drug-likeness (QED) is 0.893. The van der Waals surface area contributed by atoms with Crippen LogP contribution in [0.1, 0.15) is 24.1 Å². The number of H-pyrrole nitrogens is 1. The van der Waals surface area contributed by atoms with Gasteiger partial charge in [0.2, 0.25) is 5.91 Å². The van der Waals surface area contributed by atoms with Gasteiger partial charge < -0.3 is 0 Å². The molecule has 2 aromatic heterocycles. The molecule has 3 rings (SSSR count). The predicted molar refractivity (Wildman–Crippen MR) is 69.6 cm³/mol. The van der Waals surface area contributed by atoms with Crippen molar-refractivity contribution in [2.45, 2.75) is 25.7 Å². The van der Waals surface area contributed by atoms with E-state index < -0.39 is 0 Å². The van der Waals surface area contributed by atoms with Crippen LogP contribution in [0.15, 0.2) is 24.5 Å². The van der Waals surface area contributed by atoms with Gasteiger partial charge in [-0.25, -0.2) is 0 Å². The molecule has 19 heavy (non-hydrogen) atoms. The highest BCUT2D eigenvalue weighted by molar-refractivity contribution is 5.93. The molecule has 6 nitrogen and oxygen atoms in total. The Morgan fingerprint density at radius 2 is 2.37 bits per heavy atom. The van der Waals surface area contributed by atoms with E-state index in [4.69, 9.17) is 0 Å². The van der Waals surface area contributed by atoms with Gasteiger partial charge in [0.15, 0.2) is 5.82 Å². The van der Waals surface area contributed by atoms with Gasteiger partial charge in [-0.3, -0.25) is 14.7 Å². The molecule has 0 aliphatic carbocycles. The number of aromatic nitrogens is 4. The number of aromatic amines is 1. The standard InChI is InChI=1S/C13H15N5O/c19-12(6-5-10-3-1-7-14-9-10)18-8-2-4-11-13(18)16-17-15-11/h1,3,7,9H,2,4-6,8H2,(H,15,16,17). The molecule has 0 atom stereocenters. The van der Waals surface area contributed by atoms with Crippen LogP contribution in [0.5, 0.6) is 0 Å². The van der Waals surface area contributed by atoms with Gasteiger partial charge in [-0.1, -0.05) is 6.07 Å². The molecule has 2 aromatic rings. The van der Waals surface area contributed by atoms with Crippen molar-refractivity contribution in [3.63, 3.8) is 0 Å². The van der Waals surface area contributed by atoms with Gasteiger partial charge in [0.1, 0.15) is 5.69 Å². The number of carbonyl (C=O) groups excluding carboxylic acids is 1. The van der Waals surface area contributed by atoms with E-state index in [1.54, 1.807) is 17.3 Å². The number of rotatable bonds is 3. The molecule has 0 spiro atoms. The van der Waals surface area contributed by atoms with Crippen molar-refractivity contribution in [1.82, 2.24) is 20.4 Å². The number of hydrogen-bond acceptors (Lipinski definition) is 4. The van der Waals surface area contributed by atoms with E-state index in [2.05, 4.69) is 20.4 Å². The average Bonchev–Trinajstić information content (AvgIpc) is 2.94. The highest BCUT2D eigenvalue weighted by Crippen LogP contribution is 2.22. The van der Waals surface area contributed by atoms with Crippen LogP contribution < -0.4 is 4.90 Å². The van der Waals surface area contributed by atoms with Crippen LogP contribution in [0.4, 0.5) is 5.82 Å². The number of nitrogens with one attached hydrogen (secondary N) is 1. The topological polar surface area (TPSA) is 74.8 Å². The highest BCUT2D eigenvalue weighted by atomic mass is 16.2. The first-order valence-electron chi connectivity index (χ1n) is 6.43. The summed E-state index contributed by atoms with van der Waals surface area (Å²) in [5, 5.41) is 10.7. The fourth-order valence-corrected chi connectivity index (χ4v) is 2.32. The minimum Gasteiger partial charge on any atom is -0.294 e. The van der Waals surface area contributed by atoms with E-state index in [1.807, 2.05) is 12.1 Å². The zero-order chi connectivity index (χ0) is 13.1. The number of amides is 1. The molecule has 0 unspecified atom stereocenters. The smallest absolute Gasteiger partial charge is 0.228 e. The summed E-state index contributed by atoms with van der Waals surface area (Å²) >= 11 is 0. The molecule has 1 amide bonds. The summed E-state index contributed by atoms with van der Waals surface area (Å²) in [4.78, 5) is 18.0. The van der Waals surface area contributed by atoms with Crippen LogP contribution >= 0.6 is 0 Å². The van der Waals surface area contributed by atoms with Crippen molar-refractivity contribution >= 4 is 11.7 Å². The van der Waals surface area contributed by atoms with Crippen molar-refractivity contribution in [3.05, 3.63) is 35.8 Å². The van der Waals surface area contributed by atoms with Gasteiger partial charge in [0.25, 0.3) is 0 Å². The summed E-state index contributed by atoms with van der Waals surface area (Å²) in [6.45, 7) is 0.728. The van der Waals surface area contributed by atoms with Crippen LogP contribution in [0, 0.1) is 0 Å². The summed E-state index contributed by atoms with van der Waals surface area (Å²) < 4.78 is 0. The monoisotopic (exact) mass is 257 g/mol. The molecule has 0 aromatic carbocycles. The van der Waals surface area contributed by atoms with Crippen molar-refractivity contribution in [3.8, 4) is 0 Å². The Morgan fingerprint density at radius 3 is 3.21 bits per heavy atom. The molecule has 6 heteroatoms. The summed E-state index contributed by atoms with van der Waals surface area (Å²) in [6.07, 6.45) is 6.54. The zero-order valence-corrected chi connectivity index (χ0v) is 10.5. The third kappa shape index (κ3) is 2.47. The van der Waals surface area contributed by atoms with Gasteiger partial charge in [-0.05, 0) is 30.9 Å². The van der Waals surface area contributed by atoms with Crippen molar-refractivity contribution < 1.29 is 4.79 Å². The summed E-state index contributed by atoms with van der Waals surface area (Å²) in [5.41, 5.74) is 1.97. The number of nitrogens with zero attached hydrogens (tertiary/aromatic N) is 4. The minimum absolute atomic E-state index is 0.0960. The fourth-order valence-electron chi connectivity index (χ4n) is 2.32. The summed E-state index contributed by atoms with van der Waals surface area (Å²) in [7, 11) is 0. The molecule has 0 fully saturated rings. The van der Waals surface area contributed by atoms with Gasteiger partial charge in [0.05, 0.1) is 0 Å². The Labute approximate surface area is 110 Å². The molecule has 1 N–H and O–H groups in total. The first-order valence-corrected chi connectivity index (χ1v) is 6.43. The van der Waals surface area contributed by atoms with Crippen molar-refractivity contribution in [2.24, 2.45) is 0 Å². The molecule has 98 valence electrons. The van der Waals surface area contributed by atoms with E-state index in [-0.39, 0.29) is 5.91 Å². The lowest BCUT2D eigenvalue weighted by Gasteiger charge is -2.24. The third-order valence-corrected chi connectivity index (χ3v) is 3.30. The lowest BCUT2D eigenvalue weighted by atomic mass is 10.1. The Morgan fingerprint density at radius 1 is 1.42 bits per heavy atom. The molecule has 3 heterocycles. The molecular weight excluding hydrogens is 242 g/mol. The van der Waals surface area contributed by atoms with Gasteiger partial charge in [0, 0.05) is 25.4 Å². The average molecular weight is 257 g/mol. The predicted octanol–water partition coefficient (Wildman–Crippen LogP) is 1.11. The number of aryl methyl sites for hydroxylation is 2. The summed E-state index contributed by atoms with van der Waals surface area (Å²) in [6, 6.07) is 3.87. The third-order valence-electron chi connectivity index (χ3n) is 3.30. The maximum atomic E-state index is 12.3. The van der Waals surface area contributed by atoms with E-state index in [0.29, 0.717) is 18.7 Å². The maximum Gasteiger partial charge on any atom is 0.228 e. The second kappa shape index (κ2) is 5.17.